The van der Waals surface area contributed by atoms with E-state index < -0.39 is 0 Å². The van der Waals surface area contributed by atoms with Gasteiger partial charge in [-0.3, -0.25) is 0 Å². The monoisotopic (exact) mass is 392 g/mol. The Morgan fingerprint density at radius 2 is 1.71 bits per heavy atom. The van der Waals surface area contributed by atoms with Crippen LogP contribution < -0.4 is 9.64 Å². The van der Waals surface area contributed by atoms with Gasteiger partial charge < -0.3 is 19.0 Å². The van der Waals surface area contributed by atoms with Crippen LogP contribution in [0.25, 0.3) is 11.3 Å². The van der Waals surface area contributed by atoms with Crippen LogP contribution >= 0.6 is 12.2 Å². The average Bonchev–Trinajstić information content (AvgIpc) is 3.24. The van der Waals surface area contributed by atoms with Gasteiger partial charge in [-0.05, 0) is 61.0 Å². The van der Waals surface area contributed by atoms with Crippen LogP contribution in [0.4, 0.5) is 5.69 Å². The van der Waals surface area contributed by atoms with Crippen LogP contribution in [0.5, 0.6) is 5.75 Å². The zero-order chi connectivity index (χ0) is 19.5. The largest absolute Gasteiger partial charge is 0.497 e. The fraction of sp³-hybridized carbons (Fsp3) is 0.261. The first kappa shape index (κ1) is 18.6. The zero-order valence-corrected chi connectivity index (χ0v) is 17.0. The molecule has 1 aromatic heterocycles. The van der Waals surface area contributed by atoms with Crippen LogP contribution in [0.15, 0.2) is 65.1 Å². The van der Waals surface area contributed by atoms with Crippen molar-refractivity contribution in [3.63, 3.8) is 0 Å². The van der Waals surface area contributed by atoms with E-state index >= 15 is 0 Å². The Labute approximate surface area is 171 Å². The summed E-state index contributed by atoms with van der Waals surface area (Å²) in [4.78, 5) is 5.43. The van der Waals surface area contributed by atoms with Crippen molar-refractivity contribution in [2.75, 3.05) is 38.2 Å². The molecule has 3 aromatic rings. The fourth-order valence-electron chi connectivity index (χ4n) is 3.51. The summed E-state index contributed by atoms with van der Waals surface area (Å²) in [6.07, 6.45) is 0. The first-order valence-corrected chi connectivity index (χ1v) is 9.90. The van der Waals surface area contributed by atoms with Gasteiger partial charge in [-0.25, -0.2) is 0 Å². The van der Waals surface area contributed by atoms with Crippen LogP contribution in [-0.4, -0.2) is 43.2 Å². The normalized spacial score (nSPS) is 14.2. The van der Waals surface area contributed by atoms with Crippen LogP contribution in [0.1, 0.15) is 11.3 Å². The maximum Gasteiger partial charge on any atom is 0.162 e. The Morgan fingerprint density at radius 3 is 2.39 bits per heavy atom. The minimum Gasteiger partial charge on any atom is -0.497 e. The van der Waals surface area contributed by atoms with E-state index in [2.05, 4.69) is 41.0 Å². The number of rotatable bonds is 4. The maximum absolute atomic E-state index is 6.05. The number of furan rings is 1. The molecule has 0 unspecified atom stereocenters. The zero-order valence-electron chi connectivity index (χ0n) is 16.2. The predicted octanol–water partition coefficient (Wildman–Crippen LogP) is 4.76. The molecule has 144 valence electrons. The highest BCUT2D eigenvalue weighted by Gasteiger charge is 2.22. The maximum atomic E-state index is 6.05. The second-order valence-corrected chi connectivity index (χ2v) is 7.40. The number of anilines is 1. The standard InChI is InChI=1S/C23H24N2O2S/c1-17-4-3-5-19(16-17)24-12-14-25(15-13-24)23(28)22-11-10-21(27-22)18-6-8-20(26-2)9-7-18/h3-11,16H,12-15H2,1-2H3. The minimum absolute atomic E-state index is 0.754. The van der Waals surface area contributed by atoms with Gasteiger partial charge in [0.25, 0.3) is 0 Å². The number of thiocarbonyl (C=S) groups is 1. The molecular formula is C23H24N2O2S. The molecular weight excluding hydrogens is 368 g/mol. The molecule has 4 nitrogen and oxygen atoms in total. The third kappa shape index (κ3) is 3.90. The summed E-state index contributed by atoms with van der Waals surface area (Å²) >= 11 is 5.71. The molecule has 0 radical (unpaired) electrons. The quantitative estimate of drug-likeness (QED) is 0.597. The Hall–Kier alpha value is -2.79. The topological polar surface area (TPSA) is 28.9 Å². The second kappa shape index (κ2) is 8.07. The number of piperazine rings is 1. The molecule has 5 heteroatoms. The highest BCUT2D eigenvalue weighted by molar-refractivity contribution is 7.80. The molecule has 4 rings (SSSR count). The molecule has 1 aliphatic heterocycles. The predicted molar refractivity (Wildman–Crippen MR) is 117 cm³/mol. The van der Waals surface area contributed by atoms with Crippen molar-refractivity contribution in [3.05, 3.63) is 72.0 Å². The van der Waals surface area contributed by atoms with E-state index in [9.17, 15) is 0 Å². The Balaban J connectivity index is 1.41. The number of aryl methyl sites for hydroxylation is 1. The molecule has 0 aliphatic carbocycles. The number of nitrogens with zero attached hydrogens (tertiary/aromatic N) is 2. The third-order valence-electron chi connectivity index (χ3n) is 5.13. The molecule has 1 fully saturated rings. The van der Waals surface area contributed by atoms with Gasteiger partial charge in [-0.2, -0.15) is 0 Å². The lowest BCUT2D eigenvalue weighted by Crippen LogP contribution is -2.48. The number of hydrogen-bond acceptors (Lipinski definition) is 4. The number of methoxy groups -OCH3 is 1. The summed E-state index contributed by atoms with van der Waals surface area (Å²) in [5, 5.41) is 0. The molecule has 0 atom stereocenters. The van der Waals surface area contributed by atoms with Crippen molar-refractivity contribution in [1.82, 2.24) is 4.90 Å². The minimum atomic E-state index is 0.754. The van der Waals surface area contributed by atoms with Crippen LogP contribution in [0.2, 0.25) is 0 Å². The van der Waals surface area contributed by atoms with Crippen molar-refractivity contribution < 1.29 is 9.15 Å². The summed E-state index contributed by atoms with van der Waals surface area (Å²) in [6, 6.07) is 20.5. The van der Waals surface area contributed by atoms with Crippen molar-refractivity contribution in [2.45, 2.75) is 6.92 Å². The van der Waals surface area contributed by atoms with Crippen LogP contribution in [0.3, 0.4) is 0 Å². The van der Waals surface area contributed by atoms with Crippen LogP contribution in [-0.2, 0) is 0 Å². The van der Waals surface area contributed by atoms with E-state index in [4.69, 9.17) is 21.4 Å². The van der Waals surface area contributed by atoms with E-state index in [1.54, 1.807) is 7.11 Å². The van der Waals surface area contributed by atoms with E-state index in [1.807, 2.05) is 36.4 Å². The molecule has 1 saturated heterocycles. The highest BCUT2D eigenvalue weighted by atomic mass is 32.1. The van der Waals surface area contributed by atoms with Gasteiger partial charge in [0.15, 0.2) is 5.76 Å². The lowest BCUT2D eigenvalue weighted by molar-refractivity contribution is 0.385. The molecule has 0 N–H and O–H groups in total. The van der Waals surface area contributed by atoms with Gasteiger partial charge in [-0.1, -0.05) is 24.4 Å². The van der Waals surface area contributed by atoms with E-state index in [0.717, 1.165) is 54.0 Å². The van der Waals surface area contributed by atoms with Crippen molar-refractivity contribution in [1.29, 1.82) is 0 Å². The van der Waals surface area contributed by atoms with Gasteiger partial charge in [0.2, 0.25) is 0 Å². The summed E-state index contributed by atoms with van der Waals surface area (Å²) in [5.41, 5.74) is 3.58. The Kier molecular flexibility index (Phi) is 5.35. The number of hydrogen-bond donors (Lipinski definition) is 0. The van der Waals surface area contributed by atoms with E-state index in [1.165, 1.54) is 11.3 Å². The fourth-order valence-corrected chi connectivity index (χ4v) is 3.80. The summed E-state index contributed by atoms with van der Waals surface area (Å²) in [7, 11) is 1.66. The molecule has 2 heterocycles. The third-order valence-corrected chi connectivity index (χ3v) is 5.58. The van der Waals surface area contributed by atoms with Crippen molar-refractivity contribution in [2.24, 2.45) is 0 Å². The lowest BCUT2D eigenvalue weighted by atomic mass is 10.2. The van der Waals surface area contributed by atoms with Gasteiger partial charge >= 0.3 is 0 Å². The lowest BCUT2D eigenvalue weighted by Gasteiger charge is -2.37. The molecule has 0 spiro atoms. The molecule has 0 bridgehead atoms. The van der Waals surface area contributed by atoms with Gasteiger partial charge in [-0.15, -0.1) is 0 Å². The average molecular weight is 393 g/mol. The molecule has 0 saturated carbocycles. The van der Waals surface area contributed by atoms with Gasteiger partial charge in [0, 0.05) is 37.4 Å². The first-order chi connectivity index (χ1) is 13.6. The molecule has 1 aliphatic rings. The van der Waals surface area contributed by atoms with Gasteiger partial charge in [0.05, 0.1) is 7.11 Å². The Bertz CT molecular complexity index is 957. The van der Waals surface area contributed by atoms with E-state index in [0.29, 0.717) is 0 Å². The Morgan fingerprint density at radius 1 is 0.964 bits per heavy atom. The van der Waals surface area contributed by atoms with Crippen molar-refractivity contribution >= 4 is 22.9 Å². The summed E-state index contributed by atoms with van der Waals surface area (Å²) < 4.78 is 11.3. The summed E-state index contributed by atoms with van der Waals surface area (Å²) in [5.74, 6) is 2.40. The molecule has 0 amide bonds. The van der Waals surface area contributed by atoms with E-state index in [-0.39, 0.29) is 0 Å². The van der Waals surface area contributed by atoms with Crippen molar-refractivity contribution in [3.8, 4) is 17.1 Å². The number of benzene rings is 2. The van der Waals surface area contributed by atoms with Crippen LogP contribution in [0, 0.1) is 6.92 Å². The molecule has 28 heavy (non-hydrogen) atoms. The highest BCUT2D eigenvalue weighted by Crippen LogP contribution is 2.26. The number of ether oxygens (including phenoxy) is 1. The molecule has 2 aromatic carbocycles. The first-order valence-electron chi connectivity index (χ1n) is 9.49. The van der Waals surface area contributed by atoms with Gasteiger partial charge in [0.1, 0.15) is 16.5 Å². The second-order valence-electron chi connectivity index (χ2n) is 7.01. The smallest absolute Gasteiger partial charge is 0.162 e. The SMILES string of the molecule is COc1ccc(-c2ccc(C(=S)N3CCN(c4cccc(C)c4)CC3)o2)cc1. The summed E-state index contributed by atoms with van der Waals surface area (Å²) in [6.45, 7) is 5.83.